The number of primary sulfonamides is 1. The predicted molar refractivity (Wildman–Crippen MR) is 103 cm³/mol. The molecule has 0 bridgehead atoms. The molecule has 1 amide bonds. The highest BCUT2D eigenvalue weighted by atomic mass is 32.2. The van der Waals surface area contributed by atoms with E-state index in [9.17, 15) is 18.0 Å². The van der Waals surface area contributed by atoms with Crippen LogP contribution in [0.4, 0.5) is 5.69 Å². The first-order valence-corrected chi connectivity index (χ1v) is 10.0. The van der Waals surface area contributed by atoms with E-state index >= 15 is 0 Å². The highest BCUT2D eigenvalue weighted by Crippen LogP contribution is 2.19. The summed E-state index contributed by atoms with van der Waals surface area (Å²) in [4.78, 5) is 24.1. The maximum atomic E-state index is 12.2. The summed E-state index contributed by atoms with van der Waals surface area (Å²) in [6.45, 7) is 1.43. The molecule has 0 radical (unpaired) electrons. The van der Waals surface area contributed by atoms with Gasteiger partial charge in [-0.15, -0.1) is 0 Å². The second kappa shape index (κ2) is 9.34. The monoisotopic (exact) mass is 406 g/mol. The number of aryl methyl sites for hydroxylation is 1. The number of carbonyl (C=O) groups is 2. The molecule has 0 aliphatic heterocycles. The van der Waals surface area contributed by atoms with Gasteiger partial charge in [0.25, 0.3) is 5.91 Å². The molecule has 0 aliphatic carbocycles. The number of ether oxygens (including phenoxy) is 2. The molecule has 0 fully saturated rings. The highest BCUT2D eigenvalue weighted by Gasteiger charge is 2.19. The fourth-order valence-corrected chi connectivity index (χ4v) is 3.01. The Hall–Kier alpha value is -2.91. The molecule has 0 aromatic heterocycles. The Labute approximate surface area is 163 Å². The zero-order chi connectivity index (χ0) is 20.7. The van der Waals surface area contributed by atoms with Gasteiger partial charge in [-0.2, -0.15) is 0 Å². The molecule has 0 saturated heterocycles. The van der Waals surface area contributed by atoms with Crippen molar-refractivity contribution in [1.29, 1.82) is 0 Å². The van der Waals surface area contributed by atoms with E-state index in [4.69, 9.17) is 14.6 Å². The molecule has 2 aromatic rings. The van der Waals surface area contributed by atoms with Crippen molar-refractivity contribution in [3.8, 4) is 5.75 Å². The summed E-state index contributed by atoms with van der Waals surface area (Å²) in [6, 6.07) is 12.8. The number of methoxy groups -OCH3 is 1. The summed E-state index contributed by atoms with van der Waals surface area (Å²) in [5.41, 5.74) is 1.09. The lowest BCUT2D eigenvalue weighted by Crippen LogP contribution is -2.30. The summed E-state index contributed by atoms with van der Waals surface area (Å²) in [7, 11) is -2.34. The second-order valence-corrected chi connectivity index (χ2v) is 7.57. The van der Waals surface area contributed by atoms with E-state index in [1.807, 2.05) is 18.2 Å². The molecular formula is C19H22N2O6S. The van der Waals surface area contributed by atoms with Gasteiger partial charge < -0.3 is 14.8 Å². The van der Waals surface area contributed by atoms with E-state index in [1.54, 1.807) is 13.2 Å². The van der Waals surface area contributed by atoms with E-state index in [2.05, 4.69) is 5.32 Å². The fourth-order valence-electron chi connectivity index (χ4n) is 2.45. The van der Waals surface area contributed by atoms with Gasteiger partial charge in [0.15, 0.2) is 6.10 Å². The van der Waals surface area contributed by atoms with Gasteiger partial charge in [-0.25, -0.2) is 13.6 Å². The molecule has 2 aromatic carbocycles. The molecule has 9 heteroatoms. The second-order valence-electron chi connectivity index (χ2n) is 6.01. The fraction of sp³-hybridized carbons (Fsp3) is 0.263. The van der Waals surface area contributed by atoms with Gasteiger partial charge in [0.05, 0.1) is 12.0 Å². The smallest absolute Gasteiger partial charge is 0.306 e. The third-order valence-electron chi connectivity index (χ3n) is 3.90. The molecule has 0 saturated carbocycles. The number of amides is 1. The average Bonchev–Trinajstić information content (AvgIpc) is 2.66. The summed E-state index contributed by atoms with van der Waals surface area (Å²) in [6.07, 6.45) is -0.560. The molecule has 0 spiro atoms. The van der Waals surface area contributed by atoms with E-state index < -0.39 is 28.0 Å². The number of benzene rings is 2. The largest absolute Gasteiger partial charge is 0.496 e. The van der Waals surface area contributed by atoms with Crippen molar-refractivity contribution in [2.24, 2.45) is 5.14 Å². The standard InChI is InChI=1S/C19H22N2O6S/c1-13(19(23)21-15-7-5-8-16(12-15)28(20,24)25)27-18(22)11-10-14-6-3-4-9-17(14)26-2/h3-9,12-13H,10-11H2,1-2H3,(H,21,23)(H2,20,24,25)/t13-/m1/s1. The number of nitrogens with one attached hydrogen (secondary N) is 1. The SMILES string of the molecule is COc1ccccc1CCC(=O)O[C@H](C)C(=O)Nc1cccc(S(N)(=O)=O)c1. The van der Waals surface area contributed by atoms with Crippen LogP contribution in [0, 0.1) is 0 Å². The number of hydrogen-bond acceptors (Lipinski definition) is 6. The Morgan fingerprint density at radius 1 is 1.14 bits per heavy atom. The van der Waals surface area contributed by atoms with Crippen LogP contribution in [0.5, 0.6) is 5.75 Å². The molecule has 150 valence electrons. The summed E-state index contributed by atoms with van der Waals surface area (Å²) < 4.78 is 33.1. The van der Waals surface area contributed by atoms with Crippen molar-refractivity contribution >= 4 is 27.6 Å². The lowest BCUT2D eigenvalue weighted by molar-refractivity contribution is -0.153. The molecular weight excluding hydrogens is 384 g/mol. The van der Waals surface area contributed by atoms with Crippen molar-refractivity contribution < 1.29 is 27.5 Å². The van der Waals surface area contributed by atoms with Crippen molar-refractivity contribution in [2.75, 3.05) is 12.4 Å². The maximum absolute atomic E-state index is 12.2. The van der Waals surface area contributed by atoms with Crippen LogP contribution in [-0.4, -0.2) is 33.5 Å². The minimum Gasteiger partial charge on any atom is -0.496 e. The first kappa shape index (κ1) is 21.4. The van der Waals surface area contributed by atoms with Crippen LogP contribution in [0.15, 0.2) is 53.4 Å². The molecule has 1 atom stereocenters. The van der Waals surface area contributed by atoms with Gasteiger partial charge in [-0.05, 0) is 43.2 Å². The van der Waals surface area contributed by atoms with Crippen LogP contribution >= 0.6 is 0 Å². The number of para-hydroxylation sites is 1. The third-order valence-corrected chi connectivity index (χ3v) is 4.81. The maximum Gasteiger partial charge on any atom is 0.306 e. The molecule has 0 heterocycles. The van der Waals surface area contributed by atoms with E-state index in [0.717, 1.165) is 5.56 Å². The number of rotatable bonds is 8. The first-order valence-electron chi connectivity index (χ1n) is 8.46. The molecule has 0 unspecified atom stereocenters. The third kappa shape index (κ3) is 6.07. The van der Waals surface area contributed by atoms with Crippen LogP contribution in [-0.2, 0) is 30.8 Å². The van der Waals surface area contributed by atoms with Crippen LogP contribution < -0.4 is 15.2 Å². The van der Waals surface area contributed by atoms with E-state index in [0.29, 0.717) is 12.2 Å². The minimum atomic E-state index is -3.89. The molecule has 3 N–H and O–H groups in total. The number of anilines is 1. The van der Waals surface area contributed by atoms with Crippen LogP contribution in [0.25, 0.3) is 0 Å². The van der Waals surface area contributed by atoms with Gasteiger partial charge >= 0.3 is 5.97 Å². The van der Waals surface area contributed by atoms with E-state index in [1.165, 1.54) is 31.2 Å². The zero-order valence-corrected chi connectivity index (χ0v) is 16.4. The van der Waals surface area contributed by atoms with E-state index in [-0.39, 0.29) is 17.0 Å². The lowest BCUT2D eigenvalue weighted by atomic mass is 10.1. The number of hydrogen-bond donors (Lipinski definition) is 2. The number of nitrogens with two attached hydrogens (primary N) is 1. The molecule has 0 aliphatic rings. The van der Waals surface area contributed by atoms with Crippen molar-refractivity contribution in [1.82, 2.24) is 0 Å². The number of carbonyl (C=O) groups excluding carboxylic acids is 2. The molecule has 8 nitrogen and oxygen atoms in total. The van der Waals surface area contributed by atoms with Crippen molar-refractivity contribution in [3.05, 3.63) is 54.1 Å². The quantitative estimate of drug-likeness (QED) is 0.645. The Balaban J connectivity index is 1.90. The predicted octanol–water partition coefficient (Wildman–Crippen LogP) is 1.85. The zero-order valence-electron chi connectivity index (χ0n) is 15.5. The van der Waals surface area contributed by atoms with Gasteiger partial charge in [-0.1, -0.05) is 24.3 Å². The molecule has 2 rings (SSSR count). The van der Waals surface area contributed by atoms with Crippen LogP contribution in [0.1, 0.15) is 18.9 Å². The summed E-state index contributed by atoms with van der Waals surface area (Å²) in [5.74, 6) is -0.445. The van der Waals surface area contributed by atoms with Gasteiger partial charge in [0, 0.05) is 12.1 Å². The summed E-state index contributed by atoms with van der Waals surface area (Å²) in [5, 5.41) is 7.56. The average molecular weight is 406 g/mol. The Morgan fingerprint density at radius 3 is 2.54 bits per heavy atom. The normalized spacial score (nSPS) is 12.1. The van der Waals surface area contributed by atoms with Gasteiger partial charge in [0.2, 0.25) is 10.0 Å². The van der Waals surface area contributed by atoms with Crippen LogP contribution in [0.3, 0.4) is 0 Å². The Kier molecular flexibility index (Phi) is 7.13. The minimum absolute atomic E-state index is 0.0822. The van der Waals surface area contributed by atoms with Crippen molar-refractivity contribution in [3.63, 3.8) is 0 Å². The Morgan fingerprint density at radius 2 is 1.86 bits per heavy atom. The summed E-state index contributed by atoms with van der Waals surface area (Å²) >= 11 is 0. The van der Waals surface area contributed by atoms with Gasteiger partial charge in [-0.3, -0.25) is 9.59 Å². The lowest BCUT2D eigenvalue weighted by Gasteiger charge is -2.14. The number of sulfonamides is 1. The topological polar surface area (TPSA) is 125 Å². The highest BCUT2D eigenvalue weighted by molar-refractivity contribution is 7.89. The first-order chi connectivity index (χ1) is 13.2. The molecule has 28 heavy (non-hydrogen) atoms. The van der Waals surface area contributed by atoms with Crippen LogP contribution in [0.2, 0.25) is 0 Å². The van der Waals surface area contributed by atoms with Crippen molar-refractivity contribution in [2.45, 2.75) is 30.8 Å². The van der Waals surface area contributed by atoms with Gasteiger partial charge in [0.1, 0.15) is 5.75 Å². The number of esters is 1. The Bertz CT molecular complexity index is 958.